The molecule has 1 fully saturated rings. The van der Waals surface area contributed by atoms with Crippen LogP contribution in [0.3, 0.4) is 0 Å². The molecule has 1 heterocycles. The third-order valence-corrected chi connectivity index (χ3v) is 2.80. The van der Waals surface area contributed by atoms with E-state index < -0.39 is 11.9 Å². The van der Waals surface area contributed by atoms with Gasteiger partial charge in [0.15, 0.2) is 0 Å². The van der Waals surface area contributed by atoms with E-state index in [9.17, 15) is 9.59 Å². The third kappa shape index (κ3) is 27.2. The predicted octanol–water partition coefficient (Wildman–Crippen LogP) is 1.59. The van der Waals surface area contributed by atoms with Crippen molar-refractivity contribution in [2.45, 2.75) is 64.4 Å². The number of nitrogens with two attached hydrogens (primary N) is 2. The smallest absolute Gasteiger partial charge is 0.303 e. The van der Waals surface area contributed by atoms with Gasteiger partial charge in [-0.3, -0.25) is 9.59 Å². The first-order chi connectivity index (χ1) is 10.5. The summed E-state index contributed by atoms with van der Waals surface area (Å²) in [5.41, 5.74) is 10.5. The van der Waals surface area contributed by atoms with Crippen LogP contribution in [-0.4, -0.2) is 48.0 Å². The van der Waals surface area contributed by atoms with E-state index in [1.807, 2.05) is 0 Å². The molecule has 0 bridgehead atoms. The normalized spacial score (nSPS) is 15.0. The average Bonchev–Trinajstić information content (AvgIpc) is 3.29. The Bertz CT molecular complexity index is 251. The fraction of sp³-hybridized carbons (Fsp3) is 0.867. The monoisotopic (exact) mass is 320 g/mol. The van der Waals surface area contributed by atoms with Crippen molar-refractivity contribution >= 4 is 11.9 Å². The SMILES string of the molecule is CCC1CO1.NCCCCCN.O=C(O)CCCCC(=O)O. The zero-order valence-corrected chi connectivity index (χ0v) is 13.6. The van der Waals surface area contributed by atoms with Crippen LogP contribution in [0, 0.1) is 0 Å². The first-order valence-electron chi connectivity index (χ1n) is 7.93. The van der Waals surface area contributed by atoms with Crippen LogP contribution in [0.1, 0.15) is 58.3 Å². The molecule has 7 nitrogen and oxygen atoms in total. The molecule has 1 unspecified atom stereocenters. The average molecular weight is 320 g/mol. The summed E-state index contributed by atoms with van der Waals surface area (Å²) in [5.74, 6) is -1.74. The highest BCUT2D eigenvalue weighted by molar-refractivity contribution is 5.67. The number of aliphatic carboxylic acids is 2. The number of hydrogen-bond acceptors (Lipinski definition) is 5. The van der Waals surface area contributed by atoms with Crippen LogP contribution in [-0.2, 0) is 14.3 Å². The van der Waals surface area contributed by atoms with Gasteiger partial charge in [0.2, 0.25) is 0 Å². The van der Waals surface area contributed by atoms with Gasteiger partial charge < -0.3 is 26.4 Å². The second-order valence-corrected chi connectivity index (χ2v) is 5.00. The Hall–Kier alpha value is -1.18. The number of epoxide rings is 1. The summed E-state index contributed by atoms with van der Waals surface area (Å²) >= 11 is 0. The van der Waals surface area contributed by atoms with Gasteiger partial charge in [-0.15, -0.1) is 0 Å². The molecule has 1 rings (SSSR count). The van der Waals surface area contributed by atoms with Gasteiger partial charge in [-0.05, 0) is 45.2 Å². The van der Waals surface area contributed by atoms with Crippen LogP contribution < -0.4 is 11.5 Å². The highest BCUT2D eigenvalue weighted by atomic mass is 16.6. The summed E-state index contributed by atoms with van der Waals surface area (Å²) < 4.78 is 4.86. The molecule has 22 heavy (non-hydrogen) atoms. The lowest BCUT2D eigenvalue weighted by Crippen LogP contribution is -2.02. The molecular weight excluding hydrogens is 288 g/mol. The van der Waals surface area contributed by atoms with Crippen LogP contribution in [0.5, 0.6) is 0 Å². The van der Waals surface area contributed by atoms with Crippen molar-refractivity contribution in [1.82, 2.24) is 0 Å². The molecule has 1 saturated heterocycles. The lowest BCUT2D eigenvalue weighted by atomic mass is 10.2. The summed E-state index contributed by atoms with van der Waals surface area (Å²) in [4.78, 5) is 19.8. The van der Waals surface area contributed by atoms with Gasteiger partial charge in [0.05, 0.1) is 12.7 Å². The Morgan fingerprint density at radius 3 is 1.55 bits per heavy atom. The maximum absolute atomic E-state index is 9.90. The first kappa shape index (κ1) is 23.1. The summed E-state index contributed by atoms with van der Waals surface area (Å²) in [5, 5.41) is 16.3. The number of rotatable bonds is 10. The molecule has 1 aliphatic heterocycles. The van der Waals surface area contributed by atoms with Crippen molar-refractivity contribution in [3.05, 3.63) is 0 Å². The van der Waals surface area contributed by atoms with Gasteiger partial charge in [0.25, 0.3) is 0 Å². The Balaban J connectivity index is 0. The van der Waals surface area contributed by atoms with E-state index in [1.54, 1.807) is 0 Å². The first-order valence-corrected chi connectivity index (χ1v) is 7.93. The number of carbonyl (C=O) groups is 2. The molecule has 0 saturated carbocycles. The van der Waals surface area contributed by atoms with E-state index in [0.29, 0.717) is 18.9 Å². The summed E-state index contributed by atoms with van der Waals surface area (Å²) in [6, 6.07) is 0. The van der Waals surface area contributed by atoms with Crippen LogP contribution in [0.2, 0.25) is 0 Å². The second kappa shape index (κ2) is 17.9. The van der Waals surface area contributed by atoms with Crippen LogP contribution in [0.4, 0.5) is 0 Å². The number of carboxylic acid groups (broad SMARTS) is 2. The fourth-order valence-electron chi connectivity index (χ4n) is 1.32. The lowest BCUT2D eigenvalue weighted by molar-refractivity contribution is -0.139. The van der Waals surface area contributed by atoms with E-state index in [4.69, 9.17) is 26.4 Å². The van der Waals surface area contributed by atoms with E-state index in [-0.39, 0.29) is 12.8 Å². The number of unbranched alkanes of at least 4 members (excludes halogenated alkanes) is 3. The van der Waals surface area contributed by atoms with Gasteiger partial charge in [-0.25, -0.2) is 0 Å². The molecular formula is C15H32N2O5. The van der Waals surface area contributed by atoms with Gasteiger partial charge in [-0.1, -0.05) is 13.3 Å². The molecule has 1 atom stereocenters. The number of carboxylic acids is 2. The van der Waals surface area contributed by atoms with Gasteiger partial charge in [-0.2, -0.15) is 0 Å². The maximum Gasteiger partial charge on any atom is 0.303 e. The molecule has 0 aromatic carbocycles. The molecule has 0 aliphatic carbocycles. The van der Waals surface area contributed by atoms with Crippen molar-refractivity contribution in [2.24, 2.45) is 11.5 Å². The van der Waals surface area contributed by atoms with Crippen LogP contribution in [0.15, 0.2) is 0 Å². The van der Waals surface area contributed by atoms with E-state index in [2.05, 4.69) is 6.92 Å². The van der Waals surface area contributed by atoms with Crippen molar-refractivity contribution < 1.29 is 24.5 Å². The minimum absolute atomic E-state index is 0.0628. The fourth-order valence-corrected chi connectivity index (χ4v) is 1.32. The Kier molecular flexibility index (Phi) is 18.8. The van der Waals surface area contributed by atoms with Crippen molar-refractivity contribution in [3.63, 3.8) is 0 Å². The zero-order chi connectivity index (χ0) is 17.2. The molecule has 1 aliphatic rings. The largest absolute Gasteiger partial charge is 0.481 e. The topological polar surface area (TPSA) is 139 Å². The van der Waals surface area contributed by atoms with Crippen molar-refractivity contribution in [3.8, 4) is 0 Å². The minimum atomic E-state index is -0.870. The maximum atomic E-state index is 9.90. The molecule has 0 spiro atoms. The predicted molar refractivity (Wildman–Crippen MR) is 85.7 cm³/mol. The van der Waals surface area contributed by atoms with E-state index in [0.717, 1.165) is 32.5 Å². The molecule has 0 aromatic rings. The van der Waals surface area contributed by atoms with Crippen molar-refractivity contribution in [2.75, 3.05) is 19.7 Å². The standard InChI is InChI=1S/C6H10O4.C5H14N2.C4H8O/c7-5(8)3-1-2-4-6(9)10;6-4-2-1-3-5-7;1-2-4-3-5-4/h1-4H2,(H,7,8)(H,9,10);1-7H2;4H,2-3H2,1H3. The van der Waals surface area contributed by atoms with Crippen LogP contribution >= 0.6 is 0 Å². The molecule has 6 N–H and O–H groups in total. The van der Waals surface area contributed by atoms with Crippen molar-refractivity contribution in [1.29, 1.82) is 0 Å². The van der Waals surface area contributed by atoms with Gasteiger partial charge in [0, 0.05) is 12.8 Å². The van der Waals surface area contributed by atoms with E-state index >= 15 is 0 Å². The molecule has 0 aromatic heterocycles. The number of ether oxygens (including phenoxy) is 1. The summed E-state index contributed by atoms with van der Waals surface area (Å²) in [6.45, 7) is 4.76. The molecule has 132 valence electrons. The highest BCUT2D eigenvalue weighted by Crippen LogP contribution is 2.10. The quantitative estimate of drug-likeness (QED) is 0.354. The second-order valence-electron chi connectivity index (χ2n) is 5.00. The van der Waals surface area contributed by atoms with E-state index in [1.165, 1.54) is 12.8 Å². The number of hydrogen-bond donors (Lipinski definition) is 4. The Labute approximate surface area is 133 Å². The molecule has 7 heteroatoms. The van der Waals surface area contributed by atoms with Gasteiger partial charge >= 0.3 is 11.9 Å². The Morgan fingerprint density at radius 1 is 0.955 bits per heavy atom. The Morgan fingerprint density at radius 2 is 1.36 bits per heavy atom. The molecule has 0 radical (unpaired) electrons. The van der Waals surface area contributed by atoms with Crippen LogP contribution in [0.25, 0.3) is 0 Å². The highest BCUT2D eigenvalue weighted by Gasteiger charge is 2.18. The van der Waals surface area contributed by atoms with Gasteiger partial charge in [0.1, 0.15) is 0 Å². The zero-order valence-electron chi connectivity index (χ0n) is 13.6. The summed E-state index contributed by atoms with van der Waals surface area (Å²) in [7, 11) is 0. The third-order valence-electron chi connectivity index (χ3n) is 2.80. The summed E-state index contributed by atoms with van der Waals surface area (Å²) in [6.07, 6.45) is 6.28. The molecule has 0 amide bonds. The minimum Gasteiger partial charge on any atom is -0.481 e. The lowest BCUT2D eigenvalue weighted by Gasteiger charge is -1.92.